The Balaban J connectivity index is 0.902. The number of rotatable bonds is 12. The first-order chi connectivity index (χ1) is 48.4. The molecule has 98 heavy (non-hydrogen) atoms. The first-order valence-electron chi connectivity index (χ1n) is 32.4. The summed E-state index contributed by atoms with van der Waals surface area (Å²) in [5.74, 6) is 1.22. The van der Waals surface area contributed by atoms with E-state index in [9.17, 15) is 5.26 Å². The molecule has 0 spiro atoms. The van der Waals surface area contributed by atoms with Gasteiger partial charge in [-0.1, -0.05) is 218 Å². The minimum Gasteiger partial charge on any atom is -0.309 e. The van der Waals surface area contributed by atoms with E-state index in [1.165, 1.54) is 0 Å². The van der Waals surface area contributed by atoms with Crippen LogP contribution in [0.3, 0.4) is 0 Å². The highest BCUT2D eigenvalue weighted by atomic mass is 15.0. The molecule has 0 aliphatic rings. The molecule has 8 nitrogen and oxygen atoms in total. The van der Waals surface area contributed by atoms with Gasteiger partial charge >= 0.3 is 0 Å². The number of hydrogen-bond donors (Lipinski definition) is 0. The van der Waals surface area contributed by atoms with Gasteiger partial charge in [0.15, 0.2) is 28.8 Å². The second kappa shape index (κ2) is 24.6. The second-order valence-electron chi connectivity index (χ2n) is 24.4. The van der Waals surface area contributed by atoms with Crippen molar-refractivity contribution in [2.24, 2.45) is 0 Å². The third kappa shape index (κ3) is 10.5. The van der Waals surface area contributed by atoms with Crippen LogP contribution >= 0.6 is 0 Å². The third-order valence-electron chi connectivity index (χ3n) is 18.6. The molecule has 0 atom stereocenters. The molecule has 0 aliphatic heterocycles. The van der Waals surface area contributed by atoms with Gasteiger partial charge in [-0.15, -0.1) is 0 Å². The standard InChI is InChI=1S/C90H54N8/c1-92-71-33-19-31-69(50-71)78-56-73(98-86-46-38-65(61-25-11-5-12-26-61)53-81(86)82-54-66(39-47-87(82)98)62-27-13-6-14-28-62)41-43-76(78)90-95-88(70-32-18-30-68(49-70)74-34-15-16-35-83(74)93-2)94-89(96-90)75-42-40-72(55-77(75)67-29-17-20-58(48-67)57-91)97-84-44-36-63(59-21-7-3-8-22-59)51-79(84)80-52-64(37-45-85(80)97)60-23-9-4-10-24-60/h3-56H. The summed E-state index contributed by atoms with van der Waals surface area (Å²) in [5, 5.41) is 15.0. The molecular formula is C90H54N8. The van der Waals surface area contributed by atoms with Gasteiger partial charge in [-0.25, -0.2) is 24.6 Å². The van der Waals surface area contributed by atoms with Gasteiger partial charge in [-0.05, 0) is 187 Å². The van der Waals surface area contributed by atoms with Gasteiger partial charge in [0.2, 0.25) is 0 Å². The Morgan fingerprint density at radius 1 is 0.265 bits per heavy atom. The highest BCUT2D eigenvalue weighted by molar-refractivity contribution is 6.13. The molecule has 454 valence electrons. The van der Waals surface area contributed by atoms with Gasteiger partial charge < -0.3 is 9.13 Å². The summed E-state index contributed by atoms with van der Waals surface area (Å²) in [6.07, 6.45) is 0. The third-order valence-corrected chi connectivity index (χ3v) is 18.6. The van der Waals surface area contributed by atoms with Crippen LogP contribution in [0.5, 0.6) is 0 Å². The van der Waals surface area contributed by atoms with Crippen molar-refractivity contribution in [3.8, 4) is 129 Å². The predicted octanol–water partition coefficient (Wildman–Crippen LogP) is 23.7. The van der Waals surface area contributed by atoms with E-state index in [1.54, 1.807) is 0 Å². The van der Waals surface area contributed by atoms with Crippen molar-refractivity contribution in [2.45, 2.75) is 0 Å². The van der Waals surface area contributed by atoms with Crippen molar-refractivity contribution >= 4 is 55.0 Å². The quantitative estimate of drug-likeness (QED) is 0.114. The molecule has 0 saturated carbocycles. The van der Waals surface area contributed by atoms with Crippen molar-refractivity contribution < 1.29 is 0 Å². The molecule has 17 aromatic rings. The molecular weight excluding hydrogens is 1190 g/mol. The second-order valence-corrected chi connectivity index (χ2v) is 24.4. The molecule has 3 aromatic heterocycles. The average Bonchev–Trinajstić information content (AvgIpc) is 1.58. The smallest absolute Gasteiger partial charge is 0.194 e. The fourth-order valence-corrected chi connectivity index (χ4v) is 13.9. The minimum absolute atomic E-state index is 0.402. The summed E-state index contributed by atoms with van der Waals surface area (Å²) in [5.41, 5.74) is 23.5. The molecule has 0 amide bonds. The summed E-state index contributed by atoms with van der Waals surface area (Å²) in [6, 6.07) is 115. The Kier molecular flexibility index (Phi) is 14.5. The maximum Gasteiger partial charge on any atom is 0.194 e. The Bertz CT molecular complexity index is 5630. The maximum absolute atomic E-state index is 10.5. The number of nitriles is 1. The summed E-state index contributed by atoms with van der Waals surface area (Å²) in [6.45, 7) is 16.4. The van der Waals surface area contributed by atoms with Crippen molar-refractivity contribution in [1.29, 1.82) is 5.26 Å². The SMILES string of the molecule is [C-]#[N+]c1cccc(-c2cc(-n3c4ccc(-c5ccccc5)cc4c4cc(-c5ccccc5)ccc43)ccc2-c2nc(-c3cccc(-c4ccccc4[N+]#[C-])c3)nc(-c3ccc(-n4c5ccc(-c6ccccc6)cc5c5cc(-c6ccccc6)ccc54)cc3-c3cccc(C#N)c3)n2)c1. The van der Waals surface area contributed by atoms with Gasteiger partial charge in [0.1, 0.15) is 0 Å². The molecule has 14 aromatic carbocycles. The van der Waals surface area contributed by atoms with E-state index in [0.29, 0.717) is 45.5 Å². The number of para-hydroxylation sites is 1. The van der Waals surface area contributed by atoms with Crippen molar-refractivity contribution in [1.82, 2.24) is 24.1 Å². The lowest BCUT2D eigenvalue weighted by molar-refractivity contribution is 1.07. The van der Waals surface area contributed by atoms with E-state index >= 15 is 0 Å². The van der Waals surface area contributed by atoms with Crippen LogP contribution in [0.2, 0.25) is 0 Å². The molecule has 0 radical (unpaired) electrons. The molecule has 8 heteroatoms. The topological polar surface area (TPSA) is 81.0 Å². The highest BCUT2D eigenvalue weighted by Crippen LogP contribution is 2.45. The zero-order valence-electron chi connectivity index (χ0n) is 52.8. The zero-order valence-corrected chi connectivity index (χ0v) is 52.8. The minimum atomic E-state index is 0.402. The van der Waals surface area contributed by atoms with Crippen LogP contribution in [0.25, 0.3) is 177 Å². The van der Waals surface area contributed by atoms with E-state index in [0.717, 1.165) is 138 Å². The lowest BCUT2D eigenvalue weighted by Gasteiger charge is -2.17. The monoisotopic (exact) mass is 1250 g/mol. The van der Waals surface area contributed by atoms with Crippen LogP contribution in [0.1, 0.15) is 5.56 Å². The molecule has 0 saturated heterocycles. The Labute approximate surface area is 566 Å². The first kappa shape index (κ1) is 58.0. The van der Waals surface area contributed by atoms with E-state index in [2.05, 4.69) is 231 Å². The van der Waals surface area contributed by atoms with Gasteiger partial charge in [-0.2, -0.15) is 5.26 Å². The summed E-state index contributed by atoms with van der Waals surface area (Å²) in [7, 11) is 0. The molecule has 0 bridgehead atoms. The van der Waals surface area contributed by atoms with E-state index in [-0.39, 0.29) is 0 Å². The molecule has 17 rings (SSSR count). The maximum atomic E-state index is 10.5. The molecule has 0 unspecified atom stereocenters. The number of benzene rings is 14. The largest absolute Gasteiger partial charge is 0.309 e. The van der Waals surface area contributed by atoms with Crippen LogP contribution in [-0.2, 0) is 0 Å². The fraction of sp³-hybridized carbons (Fsp3) is 0. The average molecular weight is 1250 g/mol. The molecule has 0 aliphatic carbocycles. The first-order valence-corrected chi connectivity index (χ1v) is 32.4. The van der Waals surface area contributed by atoms with E-state index < -0.39 is 0 Å². The lowest BCUT2D eigenvalue weighted by atomic mass is 9.96. The van der Waals surface area contributed by atoms with E-state index in [4.69, 9.17) is 28.1 Å². The van der Waals surface area contributed by atoms with Crippen molar-refractivity contribution in [2.75, 3.05) is 0 Å². The van der Waals surface area contributed by atoms with Crippen LogP contribution in [0.4, 0.5) is 11.4 Å². The number of nitrogens with zero attached hydrogens (tertiary/aromatic N) is 8. The zero-order chi connectivity index (χ0) is 65.6. The number of hydrogen-bond acceptors (Lipinski definition) is 4. The van der Waals surface area contributed by atoms with Gasteiger partial charge in [0, 0.05) is 49.6 Å². The molecule has 0 N–H and O–H groups in total. The van der Waals surface area contributed by atoms with Gasteiger partial charge in [0.05, 0.1) is 46.8 Å². The highest BCUT2D eigenvalue weighted by Gasteiger charge is 2.24. The fourth-order valence-electron chi connectivity index (χ4n) is 13.9. The normalized spacial score (nSPS) is 11.2. The number of fused-ring (bicyclic) bond motifs is 6. The Hall–Kier alpha value is -13.8. The van der Waals surface area contributed by atoms with Crippen LogP contribution in [-0.4, -0.2) is 24.1 Å². The summed E-state index contributed by atoms with van der Waals surface area (Å²) in [4.78, 5) is 24.4. The molecule has 0 fully saturated rings. The predicted molar refractivity (Wildman–Crippen MR) is 400 cm³/mol. The Morgan fingerprint density at radius 3 is 1.08 bits per heavy atom. The Morgan fingerprint density at radius 2 is 0.643 bits per heavy atom. The number of aromatic nitrogens is 5. The lowest BCUT2D eigenvalue weighted by Crippen LogP contribution is -2.04. The van der Waals surface area contributed by atoms with Crippen LogP contribution in [0, 0.1) is 24.5 Å². The van der Waals surface area contributed by atoms with Crippen LogP contribution < -0.4 is 0 Å². The van der Waals surface area contributed by atoms with Crippen molar-refractivity contribution in [3.63, 3.8) is 0 Å². The summed E-state index contributed by atoms with van der Waals surface area (Å²) >= 11 is 0. The van der Waals surface area contributed by atoms with Crippen molar-refractivity contribution in [3.05, 3.63) is 356 Å². The van der Waals surface area contributed by atoms with Gasteiger partial charge in [0.25, 0.3) is 0 Å². The van der Waals surface area contributed by atoms with E-state index in [1.807, 2.05) is 121 Å². The summed E-state index contributed by atoms with van der Waals surface area (Å²) < 4.78 is 4.67. The van der Waals surface area contributed by atoms with Crippen LogP contribution in [0.15, 0.2) is 328 Å². The van der Waals surface area contributed by atoms with Gasteiger partial charge in [-0.3, -0.25) is 0 Å². The molecule has 3 heterocycles.